The van der Waals surface area contributed by atoms with Crippen molar-refractivity contribution in [1.82, 2.24) is 9.47 Å². The molecule has 1 saturated heterocycles. The second-order valence-corrected chi connectivity index (χ2v) is 8.73. The molecule has 2 atom stereocenters. The number of amides is 3. The number of anilines is 2. The lowest BCUT2D eigenvalue weighted by Gasteiger charge is -2.43. The predicted molar refractivity (Wildman–Crippen MR) is 129 cm³/mol. The lowest BCUT2D eigenvalue weighted by molar-refractivity contribution is -0.136. The lowest BCUT2D eigenvalue weighted by Crippen LogP contribution is -2.50. The molecule has 174 valence electrons. The molecular formula is C26H26N4O4. The molecule has 0 saturated carbocycles. The van der Waals surface area contributed by atoms with Crippen LogP contribution in [0, 0.1) is 5.92 Å². The molecular weight excluding hydrogens is 432 g/mol. The van der Waals surface area contributed by atoms with Crippen LogP contribution in [0.5, 0.6) is 5.75 Å². The number of carbonyl (C=O) groups excluding carboxylic acids is 2. The Morgan fingerprint density at radius 2 is 1.62 bits per heavy atom. The topological polar surface area (TPSA) is 92.7 Å². The van der Waals surface area contributed by atoms with Crippen LogP contribution < -0.4 is 20.9 Å². The first kappa shape index (κ1) is 21.8. The average Bonchev–Trinajstić information content (AvgIpc) is 2.85. The van der Waals surface area contributed by atoms with Crippen LogP contribution in [0.3, 0.4) is 0 Å². The van der Waals surface area contributed by atoms with Crippen LogP contribution in [-0.4, -0.2) is 41.1 Å². The molecule has 3 amide bonds. The van der Waals surface area contributed by atoms with Gasteiger partial charge in [-0.25, -0.2) is 4.79 Å². The summed E-state index contributed by atoms with van der Waals surface area (Å²) in [7, 11) is 0. The Morgan fingerprint density at radius 3 is 2.38 bits per heavy atom. The summed E-state index contributed by atoms with van der Waals surface area (Å²) in [6.07, 6.45) is 0.863. The molecule has 0 unspecified atom stereocenters. The second kappa shape index (κ2) is 9.43. The Kier molecular flexibility index (Phi) is 6.03. The fraction of sp³-hybridized carbons (Fsp3) is 0.269. The summed E-state index contributed by atoms with van der Waals surface area (Å²) in [6.45, 7) is 1.55. The maximum Gasteiger partial charge on any atom is 0.323 e. The fourth-order valence-electron chi connectivity index (χ4n) is 4.88. The second-order valence-electron chi connectivity index (χ2n) is 8.73. The number of hydrogen-bond donors (Lipinski definition) is 2. The van der Waals surface area contributed by atoms with E-state index in [1.165, 1.54) is 6.07 Å². The van der Waals surface area contributed by atoms with Crippen LogP contribution in [0.25, 0.3) is 0 Å². The van der Waals surface area contributed by atoms with Crippen molar-refractivity contribution in [3.05, 3.63) is 88.8 Å². The minimum atomic E-state index is -0.380. The van der Waals surface area contributed by atoms with Crippen molar-refractivity contribution < 1.29 is 14.3 Å². The van der Waals surface area contributed by atoms with E-state index in [1.807, 2.05) is 53.4 Å². The summed E-state index contributed by atoms with van der Waals surface area (Å²) < 4.78 is 7.40. The van der Waals surface area contributed by atoms with Crippen molar-refractivity contribution in [3.8, 4) is 5.75 Å². The van der Waals surface area contributed by atoms with Crippen molar-refractivity contribution in [2.75, 3.05) is 30.3 Å². The monoisotopic (exact) mass is 458 g/mol. The highest BCUT2D eigenvalue weighted by Crippen LogP contribution is 2.38. The number of hydrogen-bond acceptors (Lipinski definition) is 4. The number of nitrogens with one attached hydrogen (secondary N) is 2. The van der Waals surface area contributed by atoms with Gasteiger partial charge in [0.2, 0.25) is 0 Å². The van der Waals surface area contributed by atoms with Crippen LogP contribution in [0.15, 0.2) is 77.6 Å². The number of aromatic nitrogens is 1. The standard InChI is InChI=1S/C26H26N4O4/c31-23-12-11-22(28-26(33)27-20-7-3-1-4-8-20)25-19-13-18(15-30(23)25)14-29(16-19)24(32)17-34-21-9-5-2-6-10-21/h1-12,18-19H,13-17H2,(H2,27,28,33)/t18-,19+/m0/s1. The average molecular weight is 459 g/mol. The van der Waals surface area contributed by atoms with Gasteiger partial charge in [0.05, 0.1) is 5.69 Å². The van der Waals surface area contributed by atoms with Gasteiger partial charge in [0.1, 0.15) is 5.75 Å². The number of pyridine rings is 1. The number of fused-ring (bicyclic) bond motifs is 4. The molecule has 3 aromatic rings. The summed E-state index contributed by atoms with van der Waals surface area (Å²) in [5, 5.41) is 5.71. The molecule has 34 heavy (non-hydrogen) atoms. The molecule has 1 fully saturated rings. The van der Waals surface area contributed by atoms with Crippen molar-refractivity contribution in [1.29, 1.82) is 0 Å². The number of nitrogens with zero attached hydrogens (tertiary/aromatic N) is 2. The Hall–Kier alpha value is -4.07. The highest BCUT2D eigenvalue weighted by molar-refractivity contribution is 6.00. The zero-order chi connectivity index (χ0) is 23.5. The smallest absolute Gasteiger partial charge is 0.323 e. The third-order valence-corrected chi connectivity index (χ3v) is 6.33. The van der Waals surface area contributed by atoms with E-state index in [2.05, 4.69) is 10.6 Å². The molecule has 1 aromatic heterocycles. The molecule has 8 nitrogen and oxygen atoms in total. The van der Waals surface area contributed by atoms with Gasteiger partial charge in [-0.1, -0.05) is 36.4 Å². The SMILES string of the molecule is O=C(Nc1ccccc1)Nc1ccc(=O)n2c1[C@@H]1C[C@@H](CN(C(=O)COc3ccccc3)C1)C2. The van der Waals surface area contributed by atoms with E-state index in [9.17, 15) is 14.4 Å². The molecule has 2 aliphatic heterocycles. The Bertz CT molecular complexity index is 1240. The van der Waals surface area contributed by atoms with E-state index in [-0.39, 0.29) is 35.9 Å². The number of para-hydroxylation sites is 2. The number of urea groups is 1. The Balaban J connectivity index is 1.32. The third kappa shape index (κ3) is 4.66. The minimum Gasteiger partial charge on any atom is -0.484 e. The predicted octanol–water partition coefficient (Wildman–Crippen LogP) is 3.52. The first-order valence-corrected chi connectivity index (χ1v) is 11.4. The largest absolute Gasteiger partial charge is 0.484 e. The van der Waals surface area contributed by atoms with Gasteiger partial charge < -0.3 is 24.8 Å². The highest BCUT2D eigenvalue weighted by Gasteiger charge is 2.38. The number of rotatable bonds is 5. The zero-order valence-electron chi connectivity index (χ0n) is 18.6. The van der Waals surface area contributed by atoms with E-state index in [4.69, 9.17) is 4.74 Å². The molecule has 0 radical (unpaired) electrons. The lowest BCUT2D eigenvalue weighted by atomic mass is 9.82. The summed E-state index contributed by atoms with van der Waals surface area (Å²) >= 11 is 0. The summed E-state index contributed by atoms with van der Waals surface area (Å²) in [5.74, 6) is 0.703. The number of ether oxygens (including phenoxy) is 1. The molecule has 5 rings (SSSR count). The van der Waals surface area contributed by atoms with Crippen LogP contribution in [0.2, 0.25) is 0 Å². The molecule has 2 N–H and O–H groups in total. The van der Waals surface area contributed by atoms with Crippen molar-refractivity contribution in [2.45, 2.75) is 18.9 Å². The zero-order valence-corrected chi connectivity index (χ0v) is 18.6. The molecule has 8 heteroatoms. The number of benzene rings is 2. The van der Waals surface area contributed by atoms with Gasteiger partial charge in [0.15, 0.2) is 6.61 Å². The van der Waals surface area contributed by atoms with E-state index in [1.54, 1.807) is 22.8 Å². The highest BCUT2D eigenvalue weighted by atomic mass is 16.5. The number of piperidine rings is 1. The molecule has 2 bridgehead atoms. The molecule has 2 aliphatic rings. The molecule has 2 aromatic carbocycles. The van der Waals surface area contributed by atoms with Gasteiger partial charge in [0.25, 0.3) is 11.5 Å². The molecule has 3 heterocycles. The summed E-state index contributed by atoms with van der Waals surface area (Å²) in [4.78, 5) is 40.0. The van der Waals surface area contributed by atoms with Gasteiger partial charge in [-0.2, -0.15) is 0 Å². The van der Waals surface area contributed by atoms with Crippen molar-refractivity contribution >= 4 is 23.3 Å². The maximum absolute atomic E-state index is 12.9. The minimum absolute atomic E-state index is 0.0321. The van der Waals surface area contributed by atoms with E-state index >= 15 is 0 Å². The maximum atomic E-state index is 12.9. The van der Waals surface area contributed by atoms with E-state index in [0.29, 0.717) is 36.8 Å². The van der Waals surface area contributed by atoms with Crippen LogP contribution in [0.1, 0.15) is 18.0 Å². The van der Waals surface area contributed by atoms with Crippen molar-refractivity contribution in [2.24, 2.45) is 5.92 Å². The summed E-state index contributed by atoms with van der Waals surface area (Å²) in [6, 6.07) is 21.2. The Morgan fingerprint density at radius 1 is 0.882 bits per heavy atom. The number of likely N-dealkylation sites (tertiary alicyclic amines) is 1. The van der Waals surface area contributed by atoms with Crippen molar-refractivity contribution in [3.63, 3.8) is 0 Å². The Labute approximate surface area is 197 Å². The van der Waals surface area contributed by atoms with E-state index in [0.717, 1.165) is 12.1 Å². The van der Waals surface area contributed by atoms with Gasteiger partial charge in [0, 0.05) is 43.0 Å². The number of carbonyl (C=O) groups is 2. The van der Waals surface area contributed by atoms with Crippen LogP contribution in [0.4, 0.5) is 16.2 Å². The quantitative estimate of drug-likeness (QED) is 0.612. The first-order chi connectivity index (χ1) is 16.6. The normalized spacial score (nSPS) is 18.5. The summed E-state index contributed by atoms with van der Waals surface area (Å²) in [5.41, 5.74) is 1.94. The van der Waals surface area contributed by atoms with Crippen LogP contribution in [-0.2, 0) is 11.3 Å². The third-order valence-electron chi connectivity index (χ3n) is 6.33. The van der Waals surface area contributed by atoms with Gasteiger partial charge in [-0.15, -0.1) is 0 Å². The van der Waals surface area contributed by atoms with Crippen LogP contribution >= 0.6 is 0 Å². The molecule has 0 aliphatic carbocycles. The first-order valence-electron chi connectivity index (χ1n) is 11.4. The molecule has 0 spiro atoms. The van der Waals surface area contributed by atoms with Gasteiger partial charge in [-0.05, 0) is 42.7 Å². The van der Waals surface area contributed by atoms with Gasteiger partial charge >= 0.3 is 6.03 Å². The fourth-order valence-corrected chi connectivity index (χ4v) is 4.88. The van der Waals surface area contributed by atoms with E-state index < -0.39 is 0 Å². The van der Waals surface area contributed by atoms with Gasteiger partial charge in [-0.3, -0.25) is 9.59 Å².